The van der Waals surface area contributed by atoms with Gasteiger partial charge in [0.15, 0.2) is 0 Å². The summed E-state index contributed by atoms with van der Waals surface area (Å²) < 4.78 is 5.06. The normalized spacial score (nSPS) is 24.2. The van der Waals surface area contributed by atoms with Crippen LogP contribution in [0, 0.1) is 5.92 Å². The molecule has 2 N–H and O–H groups in total. The summed E-state index contributed by atoms with van der Waals surface area (Å²) in [6.07, 6.45) is 3.13. The van der Waals surface area contributed by atoms with Crippen LogP contribution in [0.5, 0.6) is 0 Å². The van der Waals surface area contributed by atoms with E-state index in [1.165, 1.54) is 0 Å². The van der Waals surface area contributed by atoms with Gasteiger partial charge in [-0.1, -0.05) is 12.2 Å². The summed E-state index contributed by atoms with van der Waals surface area (Å²) in [5, 5.41) is 11.4. The minimum absolute atomic E-state index is 0.254. The van der Waals surface area contributed by atoms with Crippen molar-refractivity contribution in [3.63, 3.8) is 0 Å². The maximum Gasteiger partial charge on any atom is 0.408 e. The zero-order valence-corrected chi connectivity index (χ0v) is 9.69. The lowest BCUT2D eigenvalue weighted by molar-refractivity contribution is -0.140. The van der Waals surface area contributed by atoms with E-state index in [1.807, 2.05) is 0 Å². The Bertz CT molecular complexity index is 316. The molecule has 16 heavy (non-hydrogen) atoms. The van der Waals surface area contributed by atoms with E-state index in [2.05, 4.69) is 5.32 Å². The van der Waals surface area contributed by atoms with Gasteiger partial charge in [0.2, 0.25) is 0 Å². The van der Waals surface area contributed by atoms with E-state index in [-0.39, 0.29) is 6.04 Å². The molecule has 0 heterocycles. The van der Waals surface area contributed by atoms with Crippen LogP contribution >= 0.6 is 0 Å². The first kappa shape index (κ1) is 12.5. The molecule has 2 atom stereocenters. The lowest BCUT2D eigenvalue weighted by Gasteiger charge is -2.21. The summed E-state index contributed by atoms with van der Waals surface area (Å²) >= 11 is 0. The highest BCUT2D eigenvalue weighted by Crippen LogP contribution is 2.18. The molecule has 0 saturated carbocycles. The Hall–Kier alpha value is -1.52. The zero-order chi connectivity index (χ0) is 12.3. The molecule has 5 nitrogen and oxygen atoms in total. The first-order valence-corrected chi connectivity index (χ1v) is 5.18. The number of carbonyl (C=O) groups is 2. The Labute approximate surface area is 94.5 Å². The smallest absolute Gasteiger partial charge is 0.408 e. The summed E-state index contributed by atoms with van der Waals surface area (Å²) in [6, 6.07) is -0.254. The number of ether oxygens (including phenoxy) is 1. The van der Waals surface area contributed by atoms with Gasteiger partial charge in [-0.2, -0.15) is 0 Å². The Balaban J connectivity index is 2.38. The molecule has 0 aromatic rings. The molecule has 0 saturated heterocycles. The second-order valence-electron chi connectivity index (χ2n) is 4.82. The number of hydrogen-bond acceptors (Lipinski definition) is 3. The molecule has 0 fully saturated rings. The minimum Gasteiger partial charge on any atom is -0.481 e. The molecule has 0 spiro atoms. The molecular weight excluding hydrogens is 210 g/mol. The summed E-state index contributed by atoms with van der Waals surface area (Å²) in [6.45, 7) is 5.32. The highest BCUT2D eigenvalue weighted by Gasteiger charge is 2.26. The predicted octanol–water partition coefficient (Wildman–Crippen LogP) is 1.54. The van der Waals surface area contributed by atoms with Crippen LogP contribution in [0.4, 0.5) is 4.79 Å². The number of carboxylic acids is 1. The third kappa shape index (κ3) is 3.92. The summed E-state index contributed by atoms with van der Waals surface area (Å²) in [7, 11) is 0. The van der Waals surface area contributed by atoms with Gasteiger partial charge in [0.1, 0.15) is 5.60 Å². The van der Waals surface area contributed by atoms with Crippen molar-refractivity contribution >= 4 is 12.1 Å². The number of nitrogens with one attached hydrogen (secondary N) is 1. The van der Waals surface area contributed by atoms with Gasteiger partial charge in [0.05, 0.1) is 12.0 Å². The first-order chi connectivity index (χ1) is 7.28. The van der Waals surface area contributed by atoms with E-state index in [0.717, 1.165) is 0 Å². The molecule has 0 bridgehead atoms. The molecule has 5 heteroatoms. The van der Waals surface area contributed by atoms with Crippen molar-refractivity contribution in [1.82, 2.24) is 5.32 Å². The van der Waals surface area contributed by atoms with Crippen molar-refractivity contribution in [3.05, 3.63) is 12.2 Å². The van der Waals surface area contributed by atoms with Gasteiger partial charge in [0, 0.05) is 0 Å². The molecule has 1 aliphatic carbocycles. The standard InChI is InChI=1S/C11H17NO4/c1-11(2,3)16-10(15)12-8-5-4-7(6-8)9(13)14/h4-5,7-8H,6H2,1-3H3,(H,12,15)(H,13,14)/t7-,8-/m1/s1. The van der Waals surface area contributed by atoms with Gasteiger partial charge in [-0.25, -0.2) is 4.79 Å². The topological polar surface area (TPSA) is 75.6 Å². The molecule has 1 aliphatic rings. The maximum atomic E-state index is 11.4. The molecule has 1 rings (SSSR count). The van der Waals surface area contributed by atoms with E-state index >= 15 is 0 Å². The van der Waals surface area contributed by atoms with Crippen LogP contribution in [0.15, 0.2) is 12.2 Å². The lowest BCUT2D eigenvalue weighted by Crippen LogP contribution is -2.38. The van der Waals surface area contributed by atoms with E-state index in [4.69, 9.17) is 9.84 Å². The summed E-state index contributed by atoms with van der Waals surface area (Å²) in [4.78, 5) is 22.0. The van der Waals surface area contributed by atoms with Crippen molar-refractivity contribution in [3.8, 4) is 0 Å². The van der Waals surface area contributed by atoms with Crippen molar-refractivity contribution < 1.29 is 19.4 Å². The number of carbonyl (C=O) groups excluding carboxylic acids is 1. The molecule has 0 radical (unpaired) electrons. The fourth-order valence-corrected chi connectivity index (χ4v) is 1.45. The van der Waals surface area contributed by atoms with Crippen molar-refractivity contribution in [2.75, 3.05) is 0 Å². The fraction of sp³-hybridized carbons (Fsp3) is 0.636. The van der Waals surface area contributed by atoms with Crippen LogP contribution in [0.1, 0.15) is 27.2 Å². The predicted molar refractivity (Wildman–Crippen MR) is 58.0 cm³/mol. The Kier molecular flexibility index (Phi) is 3.57. The van der Waals surface area contributed by atoms with Gasteiger partial charge >= 0.3 is 12.1 Å². The second kappa shape index (κ2) is 4.55. The van der Waals surface area contributed by atoms with Gasteiger partial charge in [-0.3, -0.25) is 4.79 Å². The highest BCUT2D eigenvalue weighted by atomic mass is 16.6. The van der Waals surface area contributed by atoms with Crippen LogP contribution in [0.3, 0.4) is 0 Å². The van der Waals surface area contributed by atoms with Crippen LogP contribution in [-0.2, 0) is 9.53 Å². The van der Waals surface area contributed by atoms with Crippen molar-refractivity contribution in [2.24, 2.45) is 5.92 Å². The maximum absolute atomic E-state index is 11.4. The summed E-state index contributed by atoms with van der Waals surface area (Å²) in [5.74, 6) is -1.38. The lowest BCUT2D eigenvalue weighted by atomic mass is 10.1. The molecule has 0 unspecified atom stereocenters. The average Bonchev–Trinajstić information content (AvgIpc) is 2.48. The van der Waals surface area contributed by atoms with Crippen LogP contribution in [-0.4, -0.2) is 28.8 Å². The van der Waals surface area contributed by atoms with Gasteiger partial charge in [-0.15, -0.1) is 0 Å². The summed E-state index contributed by atoms with van der Waals surface area (Å²) in [5.41, 5.74) is -0.543. The van der Waals surface area contributed by atoms with E-state index < -0.39 is 23.6 Å². The zero-order valence-electron chi connectivity index (χ0n) is 9.69. The largest absolute Gasteiger partial charge is 0.481 e. The number of rotatable bonds is 2. The molecule has 0 aromatic heterocycles. The Morgan fingerprint density at radius 1 is 1.38 bits per heavy atom. The quantitative estimate of drug-likeness (QED) is 0.701. The highest BCUT2D eigenvalue weighted by molar-refractivity contribution is 5.74. The molecule has 90 valence electrons. The van der Waals surface area contributed by atoms with Crippen LogP contribution < -0.4 is 5.32 Å². The van der Waals surface area contributed by atoms with Gasteiger partial charge in [0.25, 0.3) is 0 Å². The molecule has 0 aromatic carbocycles. The molecular formula is C11H17NO4. The fourth-order valence-electron chi connectivity index (χ4n) is 1.45. The number of carboxylic acid groups (broad SMARTS) is 1. The van der Waals surface area contributed by atoms with Crippen LogP contribution in [0.2, 0.25) is 0 Å². The van der Waals surface area contributed by atoms with E-state index in [1.54, 1.807) is 32.9 Å². The van der Waals surface area contributed by atoms with Crippen molar-refractivity contribution in [2.45, 2.75) is 38.8 Å². The number of alkyl carbamates (subject to hydrolysis) is 1. The van der Waals surface area contributed by atoms with E-state index in [0.29, 0.717) is 6.42 Å². The van der Waals surface area contributed by atoms with E-state index in [9.17, 15) is 9.59 Å². The van der Waals surface area contributed by atoms with Crippen molar-refractivity contribution in [1.29, 1.82) is 0 Å². The Morgan fingerprint density at radius 2 is 2.00 bits per heavy atom. The SMILES string of the molecule is CC(C)(C)OC(=O)N[C@@H]1C=C[C@@H](C(=O)O)C1. The molecule has 0 aliphatic heterocycles. The second-order valence-corrected chi connectivity index (χ2v) is 4.82. The monoisotopic (exact) mass is 227 g/mol. The average molecular weight is 227 g/mol. The number of hydrogen-bond donors (Lipinski definition) is 2. The number of amides is 1. The van der Waals surface area contributed by atoms with Gasteiger partial charge < -0.3 is 15.2 Å². The third-order valence-corrected chi connectivity index (χ3v) is 2.10. The molecule has 1 amide bonds. The first-order valence-electron chi connectivity index (χ1n) is 5.18. The minimum atomic E-state index is -0.871. The third-order valence-electron chi connectivity index (χ3n) is 2.10. The number of aliphatic carboxylic acids is 1. The van der Waals surface area contributed by atoms with Gasteiger partial charge in [-0.05, 0) is 27.2 Å². The Morgan fingerprint density at radius 3 is 2.44 bits per heavy atom. The van der Waals surface area contributed by atoms with Crippen LogP contribution in [0.25, 0.3) is 0 Å².